The summed E-state index contributed by atoms with van der Waals surface area (Å²) in [6, 6.07) is 5.55. The molecule has 1 amide bonds. The van der Waals surface area contributed by atoms with E-state index in [-0.39, 0.29) is 24.8 Å². The van der Waals surface area contributed by atoms with Crippen molar-refractivity contribution < 1.29 is 19.0 Å². The van der Waals surface area contributed by atoms with E-state index in [1.54, 1.807) is 4.68 Å². The fourth-order valence-corrected chi connectivity index (χ4v) is 3.44. The lowest BCUT2D eigenvalue weighted by molar-refractivity contribution is -0.121. The summed E-state index contributed by atoms with van der Waals surface area (Å²) in [5.41, 5.74) is 2.87. The fraction of sp³-hybridized carbons (Fsp3) is 0.444. The Morgan fingerprint density at radius 2 is 2.20 bits per heavy atom. The lowest BCUT2D eigenvalue weighted by Gasteiger charge is -2.19. The van der Waals surface area contributed by atoms with Crippen LogP contribution in [0.25, 0.3) is 0 Å². The lowest BCUT2D eigenvalue weighted by atomic mass is 10.0. The van der Waals surface area contributed by atoms with E-state index in [0.29, 0.717) is 18.8 Å². The molecule has 4 rings (SSSR count). The third-order valence-electron chi connectivity index (χ3n) is 4.60. The topological polar surface area (TPSA) is 74.6 Å². The molecule has 1 aromatic heterocycles. The number of carbonyl (C=O) groups is 1. The summed E-state index contributed by atoms with van der Waals surface area (Å²) in [5, 5.41) is 7.48. The number of benzene rings is 1. The summed E-state index contributed by atoms with van der Waals surface area (Å²) in [4.78, 5) is 12.5. The first-order valence-corrected chi connectivity index (χ1v) is 8.40. The van der Waals surface area contributed by atoms with Crippen molar-refractivity contribution in [3.05, 3.63) is 41.2 Å². The highest BCUT2D eigenvalue weighted by Gasteiger charge is 2.33. The quantitative estimate of drug-likeness (QED) is 0.914. The number of ether oxygens (including phenoxy) is 3. The van der Waals surface area contributed by atoms with Crippen LogP contribution < -0.4 is 14.8 Å². The number of amides is 1. The molecule has 2 atom stereocenters. The van der Waals surface area contributed by atoms with Crippen molar-refractivity contribution in [2.24, 2.45) is 7.05 Å². The van der Waals surface area contributed by atoms with Crippen molar-refractivity contribution in [2.45, 2.75) is 31.9 Å². The Hall–Kier alpha value is -2.54. The van der Waals surface area contributed by atoms with E-state index in [1.807, 2.05) is 38.4 Å². The Balaban J connectivity index is 1.42. The number of carbonyl (C=O) groups excluding carboxylic acids is 1. The summed E-state index contributed by atoms with van der Waals surface area (Å²) < 4.78 is 18.3. The number of fused-ring (bicyclic) bond motifs is 1. The molecule has 0 spiro atoms. The van der Waals surface area contributed by atoms with Crippen LogP contribution in [-0.2, 0) is 23.0 Å². The van der Waals surface area contributed by atoms with Gasteiger partial charge >= 0.3 is 0 Å². The van der Waals surface area contributed by atoms with Crippen LogP contribution in [0.4, 0.5) is 0 Å². The van der Waals surface area contributed by atoms with Crippen molar-refractivity contribution in [1.82, 2.24) is 15.1 Å². The second-order valence-corrected chi connectivity index (χ2v) is 6.46. The van der Waals surface area contributed by atoms with Gasteiger partial charge in [-0.2, -0.15) is 5.10 Å². The monoisotopic (exact) mass is 343 g/mol. The Morgan fingerprint density at radius 3 is 3.00 bits per heavy atom. The van der Waals surface area contributed by atoms with Gasteiger partial charge < -0.3 is 19.5 Å². The molecule has 0 unspecified atom stereocenters. The second-order valence-electron chi connectivity index (χ2n) is 6.46. The van der Waals surface area contributed by atoms with E-state index in [9.17, 15) is 4.79 Å². The molecule has 0 radical (unpaired) electrons. The van der Waals surface area contributed by atoms with E-state index in [2.05, 4.69) is 10.4 Å². The zero-order valence-corrected chi connectivity index (χ0v) is 14.3. The first-order valence-electron chi connectivity index (χ1n) is 8.40. The molecule has 1 fully saturated rings. The number of nitrogens with one attached hydrogen (secondary N) is 1. The lowest BCUT2D eigenvalue weighted by Crippen LogP contribution is -2.37. The number of aryl methyl sites for hydroxylation is 2. The Labute approximate surface area is 145 Å². The molecule has 132 valence electrons. The number of nitrogens with zero attached hydrogens (tertiary/aromatic N) is 2. The number of hydrogen-bond donors (Lipinski definition) is 1. The average molecular weight is 343 g/mol. The first-order chi connectivity index (χ1) is 12.1. The number of aromatic nitrogens is 2. The highest BCUT2D eigenvalue weighted by atomic mass is 16.7. The van der Waals surface area contributed by atoms with E-state index in [4.69, 9.17) is 14.2 Å². The predicted molar refractivity (Wildman–Crippen MR) is 89.5 cm³/mol. The minimum absolute atomic E-state index is 0.0269. The van der Waals surface area contributed by atoms with Crippen LogP contribution in [-0.4, -0.2) is 35.1 Å². The van der Waals surface area contributed by atoms with Gasteiger partial charge in [0.2, 0.25) is 12.7 Å². The van der Waals surface area contributed by atoms with Gasteiger partial charge in [0.1, 0.15) is 6.10 Å². The van der Waals surface area contributed by atoms with Crippen molar-refractivity contribution in [3.8, 4) is 11.5 Å². The van der Waals surface area contributed by atoms with E-state index in [0.717, 1.165) is 29.0 Å². The molecule has 0 saturated carbocycles. The largest absolute Gasteiger partial charge is 0.454 e. The maximum atomic E-state index is 12.5. The minimum atomic E-state index is -0.144. The van der Waals surface area contributed by atoms with Gasteiger partial charge in [0.25, 0.3) is 0 Å². The van der Waals surface area contributed by atoms with Gasteiger partial charge in [-0.15, -0.1) is 0 Å². The fourth-order valence-electron chi connectivity index (χ4n) is 3.44. The summed E-state index contributed by atoms with van der Waals surface area (Å²) in [6.45, 7) is 2.83. The predicted octanol–water partition coefficient (Wildman–Crippen LogP) is 1.65. The summed E-state index contributed by atoms with van der Waals surface area (Å²) in [7, 11) is 1.89. The third-order valence-corrected chi connectivity index (χ3v) is 4.60. The summed E-state index contributed by atoms with van der Waals surface area (Å²) >= 11 is 0. The van der Waals surface area contributed by atoms with Crippen LogP contribution in [0.1, 0.15) is 29.3 Å². The Morgan fingerprint density at radius 1 is 1.36 bits per heavy atom. The molecular weight excluding hydrogens is 322 g/mol. The number of hydrogen-bond acceptors (Lipinski definition) is 5. The van der Waals surface area contributed by atoms with Gasteiger partial charge in [0, 0.05) is 25.4 Å². The van der Waals surface area contributed by atoms with Gasteiger partial charge in [-0.05, 0) is 31.0 Å². The van der Waals surface area contributed by atoms with Crippen LogP contribution in [0.15, 0.2) is 24.4 Å². The van der Waals surface area contributed by atoms with Gasteiger partial charge in [0.15, 0.2) is 11.5 Å². The smallest absolute Gasteiger partial charge is 0.231 e. The maximum absolute atomic E-state index is 12.5. The maximum Gasteiger partial charge on any atom is 0.231 e. The second kappa shape index (κ2) is 6.40. The highest BCUT2D eigenvalue weighted by molar-refractivity contribution is 5.79. The van der Waals surface area contributed by atoms with Crippen LogP contribution >= 0.6 is 0 Å². The Bertz CT molecular complexity index is 802. The molecule has 2 aliphatic heterocycles. The van der Waals surface area contributed by atoms with Gasteiger partial charge in [-0.3, -0.25) is 9.48 Å². The van der Waals surface area contributed by atoms with Crippen molar-refractivity contribution in [1.29, 1.82) is 0 Å². The normalized spacial score (nSPS) is 21.5. The standard InChI is InChI=1S/C18H21N3O4/c1-11-13(9-21(2)20-11)18-14(5-6-23-18)19-17(22)8-12-3-4-15-16(7-12)25-10-24-15/h3-4,7,9,14,18H,5-6,8,10H2,1-2H3,(H,19,22)/t14-,18+/m0/s1. The first kappa shape index (κ1) is 16.0. The minimum Gasteiger partial charge on any atom is -0.454 e. The number of rotatable bonds is 4. The molecule has 7 heteroatoms. The summed E-state index contributed by atoms with van der Waals surface area (Å²) in [5.74, 6) is 1.39. The summed E-state index contributed by atoms with van der Waals surface area (Å²) in [6.07, 6.45) is 2.91. The molecule has 2 aliphatic rings. The zero-order valence-electron chi connectivity index (χ0n) is 14.3. The molecule has 0 bridgehead atoms. The molecule has 3 heterocycles. The van der Waals surface area contributed by atoms with Crippen LogP contribution in [0, 0.1) is 6.92 Å². The van der Waals surface area contributed by atoms with E-state index >= 15 is 0 Å². The molecule has 7 nitrogen and oxygen atoms in total. The average Bonchev–Trinajstić information content (AvgIpc) is 3.27. The van der Waals surface area contributed by atoms with Crippen molar-refractivity contribution >= 4 is 5.91 Å². The molecule has 1 N–H and O–H groups in total. The van der Waals surface area contributed by atoms with E-state index in [1.165, 1.54) is 0 Å². The SMILES string of the molecule is Cc1nn(C)cc1[C@H]1OCC[C@@H]1NC(=O)Cc1ccc2c(c1)OCO2. The molecule has 0 aliphatic carbocycles. The molecule has 1 aromatic carbocycles. The van der Waals surface area contributed by atoms with Gasteiger partial charge in [0.05, 0.1) is 18.2 Å². The van der Waals surface area contributed by atoms with Gasteiger partial charge in [-0.1, -0.05) is 6.07 Å². The third kappa shape index (κ3) is 3.19. The molecule has 25 heavy (non-hydrogen) atoms. The van der Waals surface area contributed by atoms with Crippen molar-refractivity contribution in [2.75, 3.05) is 13.4 Å². The molecular formula is C18H21N3O4. The van der Waals surface area contributed by atoms with Crippen LogP contribution in [0.5, 0.6) is 11.5 Å². The molecule has 2 aromatic rings. The van der Waals surface area contributed by atoms with E-state index < -0.39 is 0 Å². The van der Waals surface area contributed by atoms with Crippen molar-refractivity contribution in [3.63, 3.8) is 0 Å². The Kier molecular flexibility index (Phi) is 4.09. The molecule has 1 saturated heterocycles. The van der Waals surface area contributed by atoms with Gasteiger partial charge in [-0.25, -0.2) is 0 Å². The van der Waals surface area contributed by atoms with Crippen LogP contribution in [0.2, 0.25) is 0 Å². The zero-order chi connectivity index (χ0) is 17.4. The van der Waals surface area contributed by atoms with Crippen LogP contribution in [0.3, 0.4) is 0 Å². The highest BCUT2D eigenvalue weighted by Crippen LogP contribution is 2.33.